The Morgan fingerprint density at radius 2 is 2.00 bits per heavy atom. The minimum Gasteiger partial charge on any atom is -0.445 e. The Labute approximate surface area is 127 Å². The number of amides is 1. The van der Waals surface area contributed by atoms with Gasteiger partial charge in [0.2, 0.25) is 4.87 Å². The van der Waals surface area contributed by atoms with Crippen LogP contribution in [0.3, 0.4) is 0 Å². The molecule has 1 amide bonds. The van der Waals surface area contributed by atoms with Crippen LogP contribution in [0.15, 0.2) is 30.3 Å². The maximum atomic E-state index is 11.8. The number of hydrogen-bond acceptors (Lipinski definition) is 6. The van der Waals surface area contributed by atoms with Gasteiger partial charge in [0.25, 0.3) is 10.1 Å². The fourth-order valence-corrected chi connectivity index (χ4v) is 3.28. The van der Waals surface area contributed by atoms with Gasteiger partial charge in [0.05, 0.1) is 6.04 Å². The molecule has 0 aromatic heterocycles. The Bertz CT molecular complexity index is 690. The first-order valence-electron chi connectivity index (χ1n) is 6.45. The summed E-state index contributed by atoms with van der Waals surface area (Å²) in [6, 6.07) is 7.78. The van der Waals surface area contributed by atoms with E-state index < -0.39 is 38.8 Å². The van der Waals surface area contributed by atoms with Gasteiger partial charge in [-0.15, -0.1) is 0 Å². The van der Waals surface area contributed by atoms with Crippen molar-refractivity contribution in [1.29, 1.82) is 0 Å². The maximum absolute atomic E-state index is 11.8. The minimum atomic E-state index is -4.75. The molecule has 0 spiro atoms. The van der Waals surface area contributed by atoms with Crippen molar-refractivity contribution < 1.29 is 27.3 Å². The molecule has 1 aliphatic carbocycles. The molecule has 0 saturated heterocycles. The predicted molar refractivity (Wildman–Crippen MR) is 76.2 cm³/mol. The largest absolute Gasteiger partial charge is 0.445 e. The van der Waals surface area contributed by atoms with E-state index in [0.29, 0.717) is 0 Å². The van der Waals surface area contributed by atoms with Gasteiger partial charge in [-0.2, -0.15) is 8.42 Å². The van der Waals surface area contributed by atoms with Crippen LogP contribution in [0.1, 0.15) is 12.5 Å². The van der Waals surface area contributed by atoms with E-state index in [-0.39, 0.29) is 6.61 Å². The molecule has 0 radical (unpaired) electrons. The third-order valence-electron chi connectivity index (χ3n) is 3.76. The summed E-state index contributed by atoms with van der Waals surface area (Å²) in [5.74, 6) is -1.95. The van der Waals surface area contributed by atoms with Gasteiger partial charge in [0.15, 0.2) is 5.78 Å². The molecule has 1 fully saturated rings. The number of benzene rings is 1. The van der Waals surface area contributed by atoms with Crippen LogP contribution in [0, 0.1) is 5.92 Å². The van der Waals surface area contributed by atoms with Gasteiger partial charge in [-0.05, 0) is 5.56 Å². The second-order valence-electron chi connectivity index (χ2n) is 5.10. The van der Waals surface area contributed by atoms with Gasteiger partial charge in [-0.25, -0.2) is 4.79 Å². The number of Topliss-reactive ketones (excluding diaryl/α,β-unsaturated/α-hetero) is 1. The Morgan fingerprint density at radius 1 is 1.41 bits per heavy atom. The zero-order valence-corrected chi connectivity index (χ0v) is 12.5. The van der Waals surface area contributed by atoms with E-state index in [4.69, 9.17) is 15.0 Å². The average Bonchev–Trinajstić information content (AvgIpc) is 2.49. The lowest BCUT2D eigenvalue weighted by molar-refractivity contribution is -0.135. The molecule has 0 aliphatic heterocycles. The first kappa shape index (κ1) is 16.4. The molecular formula is C13H16N2O6S. The molecule has 2 rings (SSSR count). The standard InChI is InChI=1S/C13H16N2O6S/c1-8-10(11(16)13(8,14)22(18,19)20)15-12(17)21-7-9-5-3-2-4-6-9/h2-6,8,10H,7,14H2,1H3,(H,15,17)(H,18,19,20). The van der Waals surface area contributed by atoms with Gasteiger partial charge < -0.3 is 15.8 Å². The van der Waals surface area contributed by atoms with Crippen LogP contribution in [-0.4, -0.2) is 35.8 Å². The maximum Gasteiger partial charge on any atom is 0.408 e. The fraction of sp³-hybridized carbons (Fsp3) is 0.385. The average molecular weight is 328 g/mol. The van der Waals surface area contributed by atoms with Crippen molar-refractivity contribution in [3.8, 4) is 0 Å². The highest BCUT2D eigenvalue weighted by Gasteiger charge is 2.66. The van der Waals surface area contributed by atoms with Gasteiger partial charge in [-0.1, -0.05) is 37.3 Å². The molecule has 0 heterocycles. The summed E-state index contributed by atoms with van der Waals surface area (Å²) in [4.78, 5) is 21.1. The van der Waals surface area contributed by atoms with Gasteiger partial charge in [0, 0.05) is 5.92 Å². The molecule has 1 saturated carbocycles. The number of ether oxygens (including phenoxy) is 1. The third-order valence-corrected chi connectivity index (χ3v) is 5.18. The van der Waals surface area contributed by atoms with Crippen LogP contribution in [0.25, 0.3) is 0 Å². The number of hydrogen-bond donors (Lipinski definition) is 3. The van der Waals surface area contributed by atoms with Crippen molar-refractivity contribution in [3.63, 3.8) is 0 Å². The third kappa shape index (κ3) is 2.70. The number of carbonyl (C=O) groups excluding carboxylic acids is 2. The Hall–Kier alpha value is -1.97. The number of carbonyl (C=O) groups is 2. The zero-order chi connectivity index (χ0) is 16.5. The second-order valence-corrected chi connectivity index (χ2v) is 6.73. The van der Waals surface area contributed by atoms with Gasteiger partial charge in [-0.3, -0.25) is 9.35 Å². The molecule has 9 heteroatoms. The number of ketones is 1. The summed E-state index contributed by atoms with van der Waals surface area (Å²) >= 11 is 0. The lowest BCUT2D eigenvalue weighted by atomic mass is 9.74. The van der Waals surface area contributed by atoms with Crippen molar-refractivity contribution in [2.24, 2.45) is 11.7 Å². The minimum absolute atomic E-state index is 0.00797. The molecule has 1 aromatic carbocycles. The van der Waals surface area contributed by atoms with Crippen LogP contribution in [0.5, 0.6) is 0 Å². The van der Waals surface area contributed by atoms with E-state index in [1.165, 1.54) is 6.92 Å². The van der Waals surface area contributed by atoms with Gasteiger partial charge >= 0.3 is 6.09 Å². The Kier molecular flexibility index (Phi) is 4.23. The number of alkyl carbamates (subject to hydrolysis) is 1. The first-order chi connectivity index (χ1) is 10.2. The summed E-state index contributed by atoms with van der Waals surface area (Å²) < 4.78 is 36.3. The lowest BCUT2D eigenvalue weighted by Gasteiger charge is -2.46. The summed E-state index contributed by atoms with van der Waals surface area (Å²) in [5, 5.41) is 2.25. The molecule has 0 bridgehead atoms. The van der Waals surface area contributed by atoms with E-state index in [2.05, 4.69) is 5.32 Å². The van der Waals surface area contributed by atoms with Gasteiger partial charge in [0.1, 0.15) is 6.61 Å². The van der Waals surface area contributed by atoms with Crippen molar-refractivity contribution in [2.45, 2.75) is 24.4 Å². The molecular weight excluding hydrogens is 312 g/mol. The normalized spacial score (nSPS) is 27.9. The van der Waals surface area contributed by atoms with Crippen LogP contribution in [0.2, 0.25) is 0 Å². The van der Waals surface area contributed by atoms with E-state index in [1.807, 2.05) is 6.07 Å². The van der Waals surface area contributed by atoms with Crippen molar-refractivity contribution in [3.05, 3.63) is 35.9 Å². The monoisotopic (exact) mass is 328 g/mol. The molecule has 120 valence electrons. The van der Waals surface area contributed by atoms with E-state index >= 15 is 0 Å². The topological polar surface area (TPSA) is 136 Å². The summed E-state index contributed by atoms with van der Waals surface area (Å²) in [7, 11) is -4.75. The fourth-order valence-electron chi connectivity index (χ4n) is 2.29. The number of nitrogens with one attached hydrogen (secondary N) is 1. The highest BCUT2D eigenvalue weighted by atomic mass is 32.2. The Morgan fingerprint density at radius 3 is 2.50 bits per heavy atom. The van der Waals surface area contributed by atoms with Crippen LogP contribution >= 0.6 is 0 Å². The van der Waals surface area contributed by atoms with Crippen molar-refractivity contribution >= 4 is 22.0 Å². The molecule has 4 N–H and O–H groups in total. The zero-order valence-electron chi connectivity index (χ0n) is 11.7. The summed E-state index contributed by atoms with van der Waals surface area (Å²) in [5.41, 5.74) is 6.18. The quantitative estimate of drug-likeness (QED) is 0.664. The molecule has 1 aromatic rings. The van der Waals surface area contributed by atoms with Crippen LogP contribution < -0.4 is 11.1 Å². The van der Waals surface area contributed by atoms with Crippen LogP contribution in [0.4, 0.5) is 4.79 Å². The number of nitrogens with two attached hydrogens (primary N) is 1. The molecule has 3 atom stereocenters. The highest BCUT2D eigenvalue weighted by molar-refractivity contribution is 7.88. The Balaban J connectivity index is 1.93. The molecule has 3 unspecified atom stereocenters. The first-order valence-corrected chi connectivity index (χ1v) is 7.89. The number of rotatable bonds is 4. The lowest BCUT2D eigenvalue weighted by Crippen LogP contribution is -2.78. The predicted octanol–water partition coefficient (Wildman–Crippen LogP) is 0.0430. The second kappa shape index (κ2) is 5.67. The van der Waals surface area contributed by atoms with E-state index in [9.17, 15) is 18.0 Å². The highest BCUT2D eigenvalue weighted by Crippen LogP contribution is 2.36. The van der Waals surface area contributed by atoms with E-state index in [1.54, 1.807) is 24.3 Å². The molecule has 22 heavy (non-hydrogen) atoms. The molecule has 1 aliphatic rings. The molecule has 8 nitrogen and oxygen atoms in total. The van der Waals surface area contributed by atoms with Crippen molar-refractivity contribution in [2.75, 3.05) is 0 Å². The van der Waals surface area contributed by atoms with E-state index in [0.717, 1.165) is 5.56 Å². The summed E-state index contributed by atoms with van der Waals surface area (Å²) in [6.45, 7) is 1.35. The smallest absolute Gasteiger partial charge is 0.408 e. The van der Waals surface area contributed by atoms with Crippen LogP contribution in [-0.2, 0) is 26.3 Å². The summed E-state index contributed by atoms with van der Waals surface area (Å²) in [6.07, 6.45) is -0.869. The SMILES string of the molecule is CC1C(NC(=O)OCc2ccccc2)C(=O)C1(N)S(=O)(=O)O. The van der Waals surface area contributed by atoms with Crippen molar-refractivity contribution in [1.82, 2.24) is 5.32 Å².